The summed E-state index contributed by atoms with van der Waals surface area (Å²) in [5.74, 6) is -0.669. The first kappa shape index (κ1) is 15.9. The Morgan fingerprint density at radius 2 is 2.09 bits per heavy atom. The zero-order valence-electron chi connectivity index (χ0n) is 13.1. The van der Waals surface area contributed by atoms with E-state index in [9.17, 15) is 14.5 Å². The first-order valence-corrected chi connectivity index (χ1v) is 7.82. The van der Waals surface area contributed by atoms with Crippen LogP contribution in [0.2, 0.25) is 0 Å². The van der Waals surface area contributed by atoms with Crippen LogP contribution in [0.15, 0.2) is 12.1 Å². The number of halogens is 1. The van der Waals surface area contributed by atoms with Crippen molar-refractivity contribution in [3.8, 4) is 5.75 Å². The highest BCUT2D eigenvalue weighted by atomic mass is 19.1. The van der Waals surface area contributed by atoms with E-state index >= 15 is 0 Å². The van der Waals surface area contributed by atoms with E-state index in [2.05, 4.69) is 10.2 Å². The summed E-state index contributed by atoms with van der Waals surface area (Å²) in [5, 5.41) is 14.6. The van der Waals surface area contributed by atoms with Gasteiger partial charge in [-0.05, 0) is 6.42 Å². The van der Waals surface area contributed by atoms with Crippen molar-refractivity contribution < 1.29 is 14.1 Å². The highest BCUT2D eigenvalue weighted by molar-refractivity contribution is 5.66. The van der Waals surface area contributed by atoms with Gasteiger partial charge in [-0.25, -0.2) is 4.39 Å². The molecule has 2 saturated heterocycles. The molecule has 3 rings (SSSR count). The molecule has 0 aliphatic carbocycles. The molecule has 0 saturated carbocycles. The smallest absolute Gasteiger partial charge is 0.295 e. The highest BCUT2D eigenvalue weighted by Crippen LogP contribution is 2.36. The summed E-state index contributed by atoms with van der Waals surface area (Å²) in [5.41, 5.74) is 0.232. The van der Waals surface area contributed by atoms with Crippen molar-refractivity contribution in [2.75, 3.05) is 51.3 Å². The Morgan fingerprint density at radius 3 is 2.74 bits per heavy atom. The molecule has 126 valence electrons. The average molecular weight is 324 g/mol. The maximum Gasteiger partial charge on any atom is 0.295 e. The molecule has 0 spiro atoms. The van der Waals surface area contributed by atoms with Gasteiger partial charge in [0.1, 0.15) is 5.69 Å². The van der Waals surface area contributed by atoms with Gasteiger partial charge in [0, 0.05) is 51.4 Å². The fraction of sp³-hybridized carbons (Fsp3) is 0.600. The van der Waals surface area contributed by atoms with E-state index in [0.717, 1.165) is 51.8 Å². The van der Waals surface area contributed by atoms with Crippen molar-refractivity contribution in [3.05, 3.63) is 28.1 Å². The molecule has 2 aliphatic rings. The van der Waals surface area contributed by atoms with Gasteiger partial charge < -0.3 is 15.0 Å². The van der Waals surface area contributed by atoms with Gasteiger partial charge in [0.25, 0.3) is 5.69 Å². The Hall–Kier alpha value is -1.93. The Balaban J connectivity index is 1.82. The first-order chi connectivity index (χ1) is 11.1. The van der Waals surface area contributed by atoms with E-state index in [1.54, 1.807) is 0 Å². The van der Waals surface area contributed by atoms with E-state index in [4.69, 9.17) is 4.74 Å². The molecule has 0 amide bonds. The third-order valence-corrected chi connectivity index (χ3v) is 4.62. The van der Waals surface area contributed by atoms with Crippen LogP contribution in [0.1, 0.15) is 6.42 Å². The van der Waals surface area contributed by atoms with Crippen molar-refractivity contribution in [1.29, 1.82) is 0 Å². The molecular formula is C15H21FN4O3. The van der Waals surface area contributed by atoms with Crippen LogP contribution in [0.4, 0.5) is 15.8 Å². The van der Waals surface area contributed by atoms with Crippen LogP contribution < -0.4 is 15.0 Å². The zero-order valence-corrected chi connectivity index (χ0v) is 13.1. The van der Waals surface area contributed by atoms with Crippen molar-refractivity contribution in [2.24, 2.45) is 0 Å². The summed E-state index contributed by atoms with van der Waals surface area (Å²) in [6, 6.07) is 2.77. The normalized spacial score (nSPS) is 22.3. The monoisotopic (exact) mass is 324 g/mol. The molecule has 8 heteroatoms. The van der Waals surface area contributed by atoms with Crippen LogP contribution in [0.25, 0.3) is 0 Å². The minimum absolute atomic E-state index is 0.0382. The molecule has 7 nitrogen and oxygen atoms in total. The second-order valence-electron chi connectivity index (χ2n) is 5.91. The van der Waals surface area contributed by atoms with Gasteiger partial charge >= 0.3 is 0 Å². The molecular weight excluding hydrogens is 303 g/mol. The van der Waals surface area contributed by atoms with Gasteiger partial charge in [0.05, 0.1) is 18.1 Å². The number of benzene rings is 1. The summed E-state index contributed by atoms with van der Waals surface area (Å²) in [6.45, 7) is 5.38. The van der Waals surface area contributed by atoms with Crippen LogP contribution in [-0.2, 0) is 0 Å². The molecule has 23 heavy (non-hydrogen) atoms. The van der Waals surface area contributed by atoms with E-state index in [0.29, 0.717) is 11.7 Å². The van der Waals surface area contributed by atoms with Gasteiger partial charge in [0.2, 0.25) is 0 Å². The van der Waals surface area contributed by atoms with Crippen molar-refractivity contribution in [1.82, 2.24) is 10.2 Å². The number of nitro groups is 1. The summed E-state index contributed by atoms with van der Waals surface area (Å²) < 4.78 is 18.8. The number of hydrogen-bond acceptors (Lipinski definition) is 6. The number of piperazine rings is 1. The standard InChI is InChI=1S/C15H21FN4O3/c1-23-15-9-13(14(20(21)22)8-12(15)16)19-5-2-11(10-19)18-6-3-17-4-7-18/h8-9,11,17H,2-7,10H2,1H3. The van der Waals surface area contributed by atoms with Crippen molar-refractivity contribution in [3.63, 3.8) is 0 Å². The molecule has 0 bridgehead atoms. The maximum absolute atomic E-state index is 13.8. The lowest BCUT2D eigenvalue weighted by atomic mass is 10.2. The maximum atomic E-state index is 13.8. The second kappa shape index (κ2) is 6.67. The summed E-state index contributed by atoms with van der Waals surface area (Å²) in [7, 11) is 1.36. The van der Waals surface area contributed by atoms with E-state index in [1.165, 1.54) is 13.2 Å². The number of nitrogens with one attached hydrogen (secondary N) is 1. The van der Waals surface area contributed by atoms with E-state index < -0.39 is 10.7 Å². The number of ether oxygens (including phenoxy) is 1. The summed E-state index contributed by atoms with van der Waals surface area (Å²) in [6.07, 6.45) is 0.955. The molecule has 2 fully saturated rings. The molecule has 1 aromatic carbocycles. The third kappa shape index (κ3) is 3.23. The van der Waals surface area contributed by atoms with E-state index in [-0.39, 0.29) is 11.4 Å². The lowest BCUT2D eigenvalue weighted by Gasteiger charge is -2.32. The number of anilines is 1. The molecule has 1 unspecified atom stereocenters. The van der Waals surface area contributed by atoms with Gasteiger partial charge in [0.15, 0.2) is 11.6 Å². The SMILES string of the molecule is COc1cc(N2CCC(N3CCNCC3)C2)c([N+](=O)[O-])cc1F. The van der Waals surface area contributed by atoms with Crippen LogP contribution in [-0.4, -0.2) is 62.2 Å². The molecule has 1 atom stereocenters. The number of nitrogens with zero attached hydrogens (tertiary/aromatic N) is 3. The lowest BCUT2D eigenvalue weighted by molar-refractivity contribution is -0.384. The van der Waals surface area contributed by atoms with E-state index in [1.807, 2.05) is 4.90 Å². The summed E-state index contributed by atoms with van der Waals surface area (Å²) in [4.78, 5) is 15.1. The van der Waals surface area contributed by atoms with Crippen LogP contribution >= 0.6 is 0 Å². The minimum atomic E-state index is -0.708. The topological polar surface area (TPSA) is 70.9 Å². The fourth-order valence-corrected chi connectivity index (χ4v) is 3.39. The molecule has 1 aromatic rings. The van der Waals surface area contributed by atoms with Gasteiger partial charge in [-0.2, -0.15) is 0 Å². The van der Waals surface area contributed by atoms with Crippen LogP contribution in [0.5, 0.6) is 5.75 Å². The molecule has 2 aliphatic heterocycles. The van der Waals surface area contributed by atoms with Gasteiger partial charge in [-0.1, -0.05) is 0 Å². The molecule has 0 aromatic heterocycles. The van der Waals surface area contributed by atoms with Gasteiger partial charge in [-0.15, -0.1) is 0 Å². The molecule has 1 N–H and O–H groups in total. The molecule has 2 heterocycles. The second-order valence-corrected chi connectivity index (χ2v) is 5.91. The Kier molecular flexibility index (Phi) is 4.63. The highest BCUT2D eigenvalue weighted by Gasteiger charge is 2.32. The number of rotatable bonds is 4. The predicted octanol–water partition coefficient (Wildman–Crippen LogP) is 1.23. The predicted molar refractivity (Wildman–Crippen MR) is 84.7 cm³/mol. The van der Waals surface area contributed by atoms with Crippen LogP contribution in [0, 0.1) is 15.9 Å². The Morgan fingerprint density at radius 1 is 1.35 bits per heavy atom. The number of hydrogen-bond donors (Lipinski definition) is 1. The van der Waals surface area contributed by atoms with Crippen molar-refractivity contribution in [2.45, 2.75) is 12.5 Å². The average Bonchev–Trinajstić information content (AvgIpc) is 3.05. The van der Waals surface area contributed by atoms with Gasteiger partial charge in [-0.3, -0.25) is 15.0 Å². The number of methoxy groups -OCH3 is 1. The minimum Gasteiger partial charge on any atom is -0.494 e. The zero-order chi connectivity index (χ0) is 16.4. The first-order valence-electron chi connectivity index (χ1n) is 7.82. The quantitative estimate of drug-likeness (QED) is 0.663. The number of nitro benzene ring substituents is 1. The molecule has 0 radical (unpaired) electrons. The largest absolute Gasteiger partial charge is 0.494 e. The Bertz CT molecular complexity index is 592. The third-order valence-electron chi connectivity index (χ3n) is 4.62. The lowest BCUT2D eigenvalue weighted by Crippen LogP contribution is -2.49. The van der Waals surface area contributed by atoms with Crippen molar-refractivity contribution >= 4 is 11.4 Å². The Labute approximate surface area is 134 Å². The fourth-order valence-electron chi connectivity index (χ4n) is 3.39. The summed E-state index contributed by atoms with van der Waals surface area (Å²) >= 11 is 0. The van der Waals surface area contributed by atoms with Crippen LogP contribution in [0.3, 0.4) is 0 Å².